The highest BCUT2D eigenvalue weighted by Gasteiger charge is 2.26. The fourth-order valence-corrected chi connectivity index (χ4v) is 2.84. The fourth-order valence-electron chi connectivity index (χ4n) is 2.84. The second-order valence-corrected chi connectivity index (χ2v) is 7.37. The number of carboxylic acid groups (broad SMARTS) is 1. The first-order valence-electron chi connectivity index (χ1n) is 10.5. The minimum atomic E-state index is -1.05. The van der Waals surface area contributed by atoms with Crippen LogP contribution in [0, 0.1) is 0 Å². The van der Waals surface area contributed by atoms with E-state index in [0.29, 0.717) is 0 Å². The molecule has 0 spiro atoms. The lowest BCUT2D eigenvalue weighted by molar-refractivity contribution is -0.149. The second kappa shape index (κ2) is 13.5. The first-order valence-corrected chi connectivity index (χ1v) is 10.5. The van der Waals surface area contributed by atoms with Gasteiger partial charge in [-0.15, -0.1) is 0 Å². The third kappa shape index (κ3) is 9.86. The van der Waals surface area contributed by atoms with E-state index in [2.05, 4.69) is 10.6 Å². The molecule has 33 heavy (non-hydrogen) atoms. The van der Waals surface area contributed by atoms with E-state index in [1.54, 1.807) is 36.4 Å². The van der Waals surface area contributed by atoms with Gasteiger partial charge in [0.15, 0.2) is 0 Å². The molecule has 0 heterocycles. The Morgan fingerprint density at radius 2 is 1.39 bits per heavy atom. The van der Waals surface area contributed by atoms with Gasteiger partial charge in [0.25, 0.3) is 0 Å². The number of carbonyl (C=O) groups excluding carboxylic acids is 3. The zero-order valence-corrected chi connectivity index (χ0v) is 18.4. The molecule has 0 aliphatic carbocycles. The number of benzene rings is 2. The molecular formula is C24H28N2O7. The minimum Gasteiger partial charge on any atom is -0.481 e. The van der Waals surface area contributed by atoms with Crippen LogP contribution >= 0.6 is 0 Å². The maximum absolute atomic E-state index is 12.5. The Morgan fingerprint density at radius 3 is 1.94 bits per heavy atom. The van der Waals surface area contributed by atoms with E-state index in [1.165, 1.54) is 6.92 Å². The minimum absolute atomic E-state index is 0.0184. The number of aliphatic carboxylic acids is 1. The monoisotopic (exact) mass is 456 g/mol. The molecule has 0 unspecified atom stereocenters. The standard InChI is InChI=1S/C24H28N2O7/c1-17(25-24(31)33-16-19-11-6-3-7-12-19)22(29)26-20(13-8-14-21(27)28)23(30)32-15-18-9-4-2-5-10-18/h2-7,9-12,17,20H,8,13-16H2,1H3,(H,25,31)(H,26,29)(H,27,28)/t17-,20-/m0/s1. The Labute approximate surface area is 192 Å². The Kier molecular flexibility index (Phi) is 10.4. The van der Waals surface area contributed by atoms with Gasteiger partial charge >= 0.3 is 18.0 Å². The SMILES string of the molecule is C[C@H](NC(=O)OCc1ccccc1)C(=O)N[C@@H](CCCC(=O)O)C(=O)OCc1ccccc1. The van der Waals surface area contributed by atoms with Gasteiger partial charge in [-0.25, -0.2) is 9.59 Å². The van der Waals surface area contributed by atoms with Gasteiger partial charge in [0.2, 0.25) is 5.91 Å². The molecule has 0 fully saturated rings. The van der Waals surface area contributed by atoms with Crippen molar-refractivity contribution >= 4 is 23.9 Å². The van der Waals surface area contributed by atoms with Gasteiger partial charge < -0.3 is 25.2 Å². The van der Waals surface area contributed by atoms with Crippen molar-refractivity contribution in [2.45, 2.75) is 51.5 Å². The van der Waals surface area contributed by atoms with E-state index in [9.17, 15) is 19.2 Å². The summed E-state index contributed by atoms with van der Waals surface area (Å²) >= 11 is 0. The van der Waals surface area contributed by atoms with Crippen molar-refractivity contribution in [2.24, 2.45) is 0 Å². The highest BCUT2D eigenvalue weighted by molar-refractivity contribution is 5.89. The summed E-state index contributed by atoms with van der Waals surface area (Å²) in [7, 11) is 0. The molecule has 3 N–H and O–H groups in total. The first kappa shape index (κ1) is 25.4. The largest absolute Gasteiger partial charge is 0.481 e. The van der Waals surface area contributed by atoms with Crippen LogP contribution in [-0.4, -0.2) is 41.1 Å². The highest BCUT2D eigenvalue weighted by atomic mass is 16.5. The van der Waals surface area contributed by atoms with E-state index in [-0.39, 0.29) is 32.5 Å². The summed E-state index contributed by atoms with van der Waals surface area (Å²) in [5.74, 6) is -2.31. The number of esters is 1. The molecule has 9 heteroatoms. The molecule has 0 aromatic heterocycles. The predicted octanol–water partition coefficient (Wildman–Crippen LogP) is 2.78. The summed E-state index contributed by atoms with van der Waals surface area (Å²) in [6.07, 6.45) is -0.688. The van der Waals surface area contributed by atoms with Crippen LogP contribution in [0.1, 0.15) is 37.3 Å². The Balaban J connectivity index is 1.87. The van der Waals surface area contributed by atoms with Crippen LogP contribution in [0.4, 0.5) is 4.79 Å². The molecule has 2 amide bonds. The molecule has 0 saturated carbocycles. The number of alkyl carbamates (subject to hydrolysis) is 1. The van der Waals surface area contributed by atoms with Gasteiger partial charge in [0, 0.05) is 6.42 Å². The van der Waals surface area contributed by atoms with Crippen LogP contribution in [0.15, 0.2) is 60.7 Å². The third-order valence-electron chi connectivity index (χ3n) is 4.65. The first-order chi connectivity index (χ1) is 15.8. The normalized spacial score (nSPS) is 12.2. The zero-order valence-electron chi connectivity index (χ0n) is 18.4. The van der Waals surface area contributed by atoms with E-state index < -0.39 is 36.0 Å². The zero-order chi connectivity index (χ0) is 24.1. The predicted molar refractivity (Wildman–Crippen MR) is 119 cm³/mol. The number of hydrogen-bond acceptors (Lipinski definition) is 6. The number of amides is 2. The maximum Gasteiger partial charge on any atom is 0.408 e. The lowest BCUT2D eigenvalue weighted by Crippen LogP contribution is -2.50. The van der Waals surface area contributed by atoms with E-state index >= 15 is 0 Å². The maximum atomic E-state index is 12.5. The Morgan fingerprint density at radius 1 is 0.848 bits per heavy atom. The number of carboxylic acids is 1. The lowest BCUT2D eigenvalue weighted by atomic mass is 10.1. The summed E-state index contributed by atoms with van der Waals surface area (Å²) in [5.41, 5.74) is 1.57. The van der Waals surface area contributed by atoms with Crippen molar-refractivity contribution in [2.75, 3.05) is 0 Å². The lowest BCUT2D eigenvalue weighted by Gasteiger charge is -2.20. The van der Waals surface area contributed by atoms with Crippen LogP contribution in [-0.2, 0) is 37.1 Å². The molecule has 0 saturated heterocycles. The van der Waals surface area contributed by atoms with Crippen LogP contribution in [0.25, 0.3) is 0 Å². The molecule has 0 aliphatic rings. The van der Waals surface area contributed by atoms with Gasteiger partial charge in [0.05, 0.1) is 0 Å². The third-order valence-corrected chi connectivity index (χ3v) is 4.65. The van der Waals surface area contributed by atoms with Crippen LogP contribution in [0.5, 0.6) is 0 Å². The topological polar surface area (TPSA) is 131 Å². The van der Waals surface area contributed by atoms with Gasteiger partial charge in [-0.05, 0) is 30.9 Å². The van der Waals surface area contributed by atoms with Crippen LogP contribution in [0.3, 0.4) is 0 Å². The second-order valence-electron chi connectivity index (χ2n) is 7.37. The highest BCUT2D eigenvalue weighted by Crippen LogP contribution is 2.08. The van der Waals surface area contributed by atoms with Crippen molar-refractivity contribution in [1.82, 2.24) is 10.6 Å². The van der Waals surface area contributed by atoms with Crippen molar-refractivity contribution in [3.63, 3.8) is 0 Å². The van der Waals surface area contributed by atoms with Crippen molar-refractivity contribution in [1.29, 1.82) is 0 Å². The smallest absolute Gasteiger partial charge is 0.408 e. The molecule has 2 rings (SSSR count). The summed E-state index contributed by atoms with van der Waals surface area (Å²) in [4.78, 5) is 47.9. The number of hydrogen-bond donors (Lipinski definition) is 3. The summed E-state index contributed by atoms with van der Waals surface area (Å²) in [5, 5.41) is 13.8. The van der Waals surface area contributed by atoms with Crippen molar-refractivity contribution in [3.8, 4) is 0 Å². The van der Waals surface area contributed by atoms with E-state index in [4.69, 9.17) is 14.6 Å². The molecule has 2 atom stereocenters. The number of nitrogens with one attached hydrogen (secondary N) is 2. The van der Waals surface area contributed by atoms with Crippen LogP contribution in [0.2, 0.25) is 0 Å². The number of ether oxygens (including phenoxy) is 2. The average Bonchev–Trinajstić information content (AvgIpc) is 2.81. The number of carbonyl (C=O) groups is 4. The van der Waals surface area contributed by atoms with Gasteiger partial charge in [-0.2, -0.15) is 0 Å². The molecule has 9 nitrogen and oxygen atoms in total. The molecule has 2 aromatic rings. The molecule has 176 valence electrons. The summed E-state index contributed by atoms with van der Waals surface area (Å²) in [6.45, 7) is 1.51. The molecule has 2 aromatic carbocycles. The van der Waals surface area contributed by atoms with E-state index in [1.807, 2.05) is 24.3 Å². The quantitative estimate of drug-likeness (QED) is 0.419. The molecule has 0 bridgehead atoms. The van der Waals surface area contributed by atoms with Crippen LogP contribution < -0.4 is 10.6 Å². The van der Waals surface area contributed by atoms with Gasteiger partial charge in [0.1, 0.15) is 25.3 Å². The van der Waals surface area contributed by atoms with E-state index in [0.717, 1.165) is 11.1 Å². The Hall–Kier alpha value is -3.88. The summed E-state index contributed by atoms with van der Waals surface area (Å²) < 4.78 is 10.4. The molecular weight excluding hydrogens is 428 g/mol. The Bertz CT molecular complexity index is 919. The van der Waals surface area contributed by atoms with Gasteiger partial charge in [-0.1, -0.05) is 60.7 Å². The number of rotatable bonds is 12. The van der Waals surface area contributed by atoms with Gasteiger partial charge in [-0.3, -0.25) is 9.59 Å². The average molecular weight is 456 g/mol. The summed E-state index contributed by atoms with van der Waals surface area (Å²) in [6, 6.07) is 16.0. The fraction of sp³-hybridized carbons (Fsp3) is 0.333. The molecule has 0 aliphatic heterocycles. The van der Waals surface area contributed by atoms with Crippen molar-refractivity contribution in [3.05, 3.63) is 71.8 Å². The molecule has 0 radical (unpaired) electrons. The van der Waals surface area contributed by atoms with Crippen molar-refractivity contribution < 1.29 is 33.8 Å².